The summed E-state index contributed by atoms with van der Waals surface area (Å²) in [5, 5.41) is 8.63. The molecule has 1 N–H and O–H groups in total. The van der Waals surface area contributed by atoms with Crippen LogP contribution in [0.2, 0.25) is 0 Å². The lowest BCUT2D eigenvalue weighted by atomic mass is 10.0. The van der Waals surface area contributed by atoms with Gasteiger partial charge in [-0.15, -0.1) is 0 Å². The van der Waals surface area contributed by atoms with E-state index >= 15 is 0 Å². The van der Waals surface area contributed by atoms with Crippen molar-refractivity contribution in [2.24, 2.45) is 0 Å². The molecule has 1 aliphatic carbocycles. The number of aliphatic carboxylic acids is 1. The second-order valence-electron chi connectivity index (χ2n) is 5.80. The summed E-state index contributed by atoms with van der Waals surface area (Å²) in [6.45, 7) is 1.54. The topological polar surface area (TPSA) is 49.8 Å². The Morgan fingerprint density at radius 1 is 1.33 bits per heavy atom. The number of piperidine rings is 1. The Bertz CT molecular complexity index is 526. The maximum absolute atomic E-state index is 13.8. The van der Waals surface area contributed by atoms with E-state index in [4.69, 9.17) is 9.84 Å². The summed E-state index contributed by atoms with van der Waals surface area (Å²) in [7, 11) is 0. The van der Waals surface area contributed by atoms with Gasteiger partial charge in [0.25, 0.3) is 0 Å². The van der Waals surface area contributed by atoms with E-state index in [0.29, 0.717) is 6.04 Å². The van der Waals surface area contributed by atoms with E-state index in [-0.39, 0.29) is 18.5 Å². The molecule has 0 amide bonds. The van der Waals surface area contributed by atoms with E-state index in [1.165, 1.54) is 6.07 Å². The number of carbonyl (C=O) groups is 1. The van der Waals surface area contributed by atoms with Crippen molar-refractivity contribution < 1.29 is 19.0 Å². The minimum atomic E-state index is -0.919. The molecule has 1 unspecified atom stereocenters. The van der Waals surface area contributed by atoms with Crippen LogP contribution in [0.4, 0.5) is 4.39 Å². The van der Waals surface area contributed by atoms with Gasteiger partial charge in [-0.3, -0.25) is 4.90 Å². The highest BCUT2D eigenvalue weighted by Crippen LogP contribution is 2.38. The zero-order valence-corrected chi connectivity index (χ0v) is 11.9. The Balaban J connectivity index is 1.59. The van der Waals surface area contributed by atoms with Gasteiger partial charge in [0.15, 0.2) is 0 Å². The van der Waals surface area contributed by atoms with Gasteiger partial charge in [0.2, 0.25) is 0 Å². The average molecular weight is 293 g/mol. The fourth-order valence-electron chi connectivity index (χ4n) is 3.51. The predicted octanol–water partition coefficient (Wildman–Crippen LogP) is 2.38. The normalized spacial score (nSPS) is 23.2. The van der Waals surface area contributed by atoms with Crippen LogP contribution in [0, 0.1) is 5.82 Å². The van der Waals surface area contributed by atoms with Crippen molar-refractivity contribution in [1.29, 1.82) is 0 Å². The first-order chi connectivity index (χ1) is 10.1. The minimum Gasteiger partial charge on any atom is -0.480 e. The molecule has 1 fully saturated rings. The van der Waals surface area contributed by atoms with Gasteiger partial charge >= 0.3 is 5.97 Å². The lowest BCUT2D eigenvalue weighted by Gasteiger charge is -2.36. The number of ether oxygens (including phenoxy) is 1. The van der Waals surface area contributed by atoms with Crippen molar-refractivity contribution in [2.75, 3.05) is 19.7 Å². The van der Waals surface area contributed by atoms with Crippen LogP contribution in [-0.4, -0.2) is 41.8 Å². The molecule has 0 radical (unpaired) electrons. The molecule has 0 aromatic heterocycles. The molecule has 2 aliphatic rings. The Morgan fingerprint density at radius 3 is 2.81 bits per heavy atom. The molecule has 1 aromatic rings. The smallest absolute Gasteiger partial charge is 0.329 e. The predicted molar refractivity (Wildman–Crippen MR) is 75.6 cm³/mol. The molecule has 21 heavy (non-hydrogen) atoms. The van der Waals surface area contributed by atoms with Gasteiger partial charge in [0.1, 0.15) is 12.4 Å². The lowest BCUT2D eigenvalue weighted by Crippen LogP contribution is -2.39. The van der Waals surface area contributed by atoms with Crippen molar-refractivity contribution in [3.8, 4) is 0 Å². The monoisotopic (exact) mass is 293 g/mol. The van der Waals surface area contributed by atoms with Crippen molar-refractivity contribution in [3.05, 3.63) is 35.1 Å². The summed E-state index contributed by atoms with van der Waals surface area (Å²) < 4.78 is 19.1. The number of rotatable bonds is 4. The van der Waals surface area contributed by atoms with Gasteiger partial charge in [0.05, 0.1) is 6.10 Å². The van der Waals surface area contributed by atoms with Crippen molar-refractivity contribution >= 4 is 5.97 Å². The maximum atomic E-state index is 13.8. The third-order valence-corrected chi connectivity index (χ3v) is 4.54. The van der Waals surface area contributed by atoms with E-state index < -0.39 is 5.97 Å². The minimum absolute atomic E-state index is 0.0331. The molecule has 1 aliphatic heterocycles. The van der Waals surface area contributed by atoms with Gasteiger partial charge in [-0.2, -0.15) is 0 Å². The number of hydrogen-bond donors (Lipinski definition) is 1. The van der Waals surface area contributed by atoms with Crippen LogP contribution in [0.3, 0.4) is 0 Å². The molecule has 5 heteroatoms. The number of halogens is 1. The van der Waals surface area contributed by atoms with Crippen molar-refractivity contribution in [1.82, 2.24) is 4.90 Å². The first-order valence-electron chi connectivity index (χ1n) is 7.50. The van der Waals surface area contributed by atoms with Crippen LogP contribution in [0.15, 0.2) is 18.2 Å². The van der Waals surface area contributed by atoms with Crippen LogP contribution >= 0.6 is 0 Å². The number of nitrogens with zero attached hydrogens (tertiary/aromatic N) is 1. The third-order valence-electron chi connectivity index (χ3n) is 4.54. The summed E-state index contributed by atoms with van der Waals surface area (Å²) in [5.41, 5.74) is 1.99. The number of hydrogen-bond acceptors (Lipinski definition) is 3. The molecular formula is C16H20FNO3. The van der Waals surface area contributed by atoms with Gasteiger partial charge in [-0.05, 0) is 42.9 Å². The number of carboxylic acids is 1. The van der Waals surface area contributed by atoms with Crippen molar-refractivity contribution in [2.45, 2.75) is 37.8 Å². The molecule has 0 bridgehead atoms. The van der Waals surface area contributed by atoms with Crippen LogP contribution in [0.1, 0.15) is 36.4 Å². The molecule has 114 valence electrons. The lowest BCUT2D eigenvalue weighted by molar-refractivity contribution is -0.145. The molecular weight excluding hydrogens is 273 g/mol. The fraction of sp³-hybridized carbons (Fsp3) is 0.562. The Kier molecular flexibility index (Phi) is 4.22. The Morgan fingerprint density at radius 2 is 2.10 bits per heavy atom. The second kappa shape index (κ2) is 6.12. The maximum Gasteiger partial charge on any atom is 0.329 e. The highest BCUT2D eigenvalue weighted by atomic mass is 19.1. The Labute approximate surface area is 123 Å². The van der Waals surface area contributed by atoms with Crippen LogP contribution in [0.5, 0.6) is 0 Å². The highest BCUT2D eigenvalue weighted by Gasteiger charge is 2.32. The van der Waals surface area contributed by atoms with E-state index in [2.05, 4.69) is 4.90 Å². The quantitative estimate of drug-likeness (QED) is 0.926. The number of carboxylic acid groups (broad SMARTS) is 1. The van der Waals surface area contributed by atoms with Crippen LogP contribution < -0.4 is 0 Å². The van der Waals surface area contributed by atoms with Crippen molar-refractivity contribution in [3.63, 3.8) is 0 Å². The number of fused-ring (bicyclic) bond motifs is 1. The number of benzene rings is 1. The van der Waals surface area contributed by atoms with Crippen LogP contribution in [0.25, 0.3) is 0 Å². The van der Waals surface area contributed by atoms with E-state index in [1.807, 2.05) is 6.07 Å². The summed E-state index contributed by atoms with van der Waals surface area (Å²) in [6.07, 6.45) is 3.49. The molecule has 1 heterocycles. The SMILES string of the molecule is O=C(O)COC1CCN(C2CCc3c(F)cccc32)CC1. The fourth-order valence-corrected chi connectivity index (χ4v) is 3.51. The van der Waals surface area contributed by atoms with Crippen LogP contribution in [-0.2, 0) is 16.0 Å². The zero-order valence-electron chi connectivity index (χ0n) is 11.9. The van der Waals surface area contributed by atoms with E-state index in [9.17, 15) is 9.18 Å². The molecule has 3 rings (SSSR count). The van der Waals surface area contributed by atoms with E-state index in [0.717, 1.165) is 49.9 Å². The first kappa shape index (κ1) is 14.5. The largest absolute Gasteiger partial charge is 0.480 e. The summed E-state index contributed by atoms with van der Waals surface area (Å²) in [6, 6.07) is 5.65. The molecule has 1 aromatic carbocycles. The second-order valence-corrected chi connectivity index (χ2v) is 5.80. The first-order valence-corrected chi connectivity index (χ1v) is 7.50. The molecule has 0 saturated carbocycles. The highest BCUT2D eigenvalue weighted by molar-refractivity contribution is 5.68. The van der Waals surface area contributed by atoms with E-state index in [1.54, 1.807) is 6.07 Å². The zero-order chi connectivity index (χ0) is 14.8. The van der Waals surface area contributed by atoms with Gasteiger partial charge in [-0.1, -0.05) is 12.1 Å². The third kappa shape index (κ3) is 3.09. The average Bonchev–Trinajstić information content (AvgIpc) is 2.91. The van der Waals surface area contributed by atoms with Gasteiger partial charge in [-0.25, -0.2) is 9.18 Å². The molecule has 1 saturated heterocycles. The number of likely N-dealkylation sites (tertiary alicyclic amines) is 1. The summed E-state index contributed by atoms with van der Waals surface area (Å²) >= 11 is 0. The standard InChI is InChI=1S/C16H20FNO3/c17-14-3-1-2-13-12(14)4-5-15(13)18-8-6-11(7-9-18)21-10-16(19)20/h1-3,11,15H,4-10H2,(H,19,20). The van der Waals surface area contributed by atoms with Gasteiger partial charge < -0.3 is 9.84 Å². The van der Waals surface area contributed by atoms with Gasteiger partial charge in [0, 0.05) is 19.1 Å². The summed E-state index contributed by atoms with van der Waals surface area (Å²) in [5.74, 6) is -1.01. The molecule has 1 atom stereocenters. The Hall–Kier alpha value is -1.46. The molecule has 4 nitrogen and oxygen atoms in total. The molecule has 0 spiro atoms. The summed E-state index contributed by atoms with van der Waals surface area (Å²) in [4.78, 5) is 12.9.